The summed E-state index contributed by atoms with van der Waals surface area (Å²) in [4.78, 5) is 28.3. The molecule has 2 amide bonds. The minimum Gasteiger partial charge on any atom is -0.508 e. The summed E-state index contributed by atoms with van der Waals surface area (Å²) in [5.74, 6) is 2.66. The van der Waals surface area contributed by atoms with E-state index < -0.39 is 4.75 Å². The highest BCUT2D eigenvalue weighted by molar-refractivity contribution is 8.16. The van der Waals surface area contributed by atoms with Gasteiger partial charge in [-0.25, -0.2) is 4.98 Å². The summed E-state index contributed by atoms with van der Waals surface area (Å²) < 4.78 is 13.0. The molecular formula is C26H23N3O5S. The van der Waals surface area contributed by atoms with Crippen molar-refractivity contribution in [2.24, 2.45) is 7.05 Å². The fourth-order valence-electron chi connectivity index (χ4n) is 3.92. The standard InChI is InChI=1S/C26H23N3O5S/c1-26(24(31)28-25(32)35-26)14-16-3-7-18(8-4-16)33-15-23-27-21-12-11-20(13-22(21)29(23)2)34-19-9-5-17(30)6-10-19/h3-13,30H,14-15H2,1-2H3,(H,28,31,32)/t26-/m1/s1. The van der Waals surface area contributed by atoms with Gasteiger partial charge in [-0.1, -0.05) is 12.1 Å². The third-order valence-electron chi connectivity index (χ3n) is 5.86. The molecule has 0 saturated carbocycles. The second-order valence-corrected chi connectivity index (χ2v) is 9.99. The minimum atomic E-state index is -0.794. The van der Waals surface area contributed by atoms with Gasteiger partial charge in [0.2, 0.25) is 5.91 Å². The monoisotopic (exact) mass is 489 g/mol. The van der Waals surface area contributed by atoms with Crippen molar-refractivity contribution < 1.29 is 24.2 Å². The van der Waals surface area contributed by atoms with E-state index in [0.717, 1.165) is 34.2 Å². The highest BCUT2D eigenvalue weighted by atomic mass is 32.2. The molecule has 1 saturated heterocycles. The molecular weight excluding hydrogens is 466 g/mol. The number of imidazole rings is 1. The van der Waals surface area contributed by atoms with E-state index in [4.69, 9.17) is 9.47 Å². The maximum absolute atomic E-state index is 12.1. The molecule has 3 aromatic carbocycles. The largest absolute Gasteiger partial charge is 0.508 e. The number of carbonyl (C=O) groups excluding carboxylic acids is 2. The Kier molecular flexibility index (Phi) is 5.86. The van der Waals surface area contributed by atoms with Crippen LogP contribution < -0.4 is 14.8 Å². The number of thioether (sulfide) groups is 1. The van der Waals surface area contributed by atoms with Crippen molar-refractivity contribution >= 4 is 33.9 Å². The number of imide groups is 1. The van der Waals surface area contributed by atoms with E-state index >= 15 is 0 Å². The number of hydrogen-bond donors (Lipinski definition) is 2. The molecule has 0 bridgehead atoms. The van der Waals surface area contributed by atoms with Crippen molar-refractivity contribution in [1.82, 2.24) is 14.9 Å². The van der Waals surface area contributed by atoms with Gasteiger partial charge >= 0.3 is 0 Å². The molecule has 9 heteroatoms. The number of rotatable bonds is 7. The van der Waals surface area contributed by atoms with Gasteiger partial charge in [0, 0.05) is 13.1 Å². The van der Waals surface area contributed by atoms with Gasteiger partial charge in [0.15, 0.2) is 0 Å². The molecule has 1 aromatic heterocycles. The Morgan fingerprint density at radius 3 is 2.37 bits per heavy atom. The molecule has 1 aliphatic rings. The number of phenolic OH excluding ortho intramolecular Hbond substituents is 1. The quantitative estimate of drug-likeness (QED) is 0.379. The van der Waals surface area contributed by atoms with Crippen LogP contribution in [0.3, 0.4) is 0 Å². The van der Waals surface area contributed by atoms with Crippen LogP contribution in [0.25, 0.3) is 11.0 Å². The Morgan fingerprint density at radius 2 is 1.69 bits per heavy atom. The van der Waals surface area contributed by atoms with Crippen molar-refractivity contribution in [3.8, 4) is 23.0 Å². The Labute approximate surface area is 205 Å². The summed E-state index contributed by atoms with van der Waals surface area (Å²) in [7, 11) is 1.92. The van der Waals surface area contributed by atoms with Gasteiger partial charge in [0.25, 0.3) is 5.24 Å². The van der Waals surface area contributed by atoms with Gasteiger partial charge in [0.05, 0.1) is 11.0 Å². The molecule has 0 aliphatic carbocycles. The van der Waals surface area contributed by atoms with Crippen molar-refractivity contribution in [3.05, 3.63) is 78.1 Å². The molecule has 2 N–H and O–H groups in total. The molecule has 0 radical (unpaired) electrons. The summed E-state index contributed by atoms with van der Waals surface area (Å²) in [6.07, 6.45) is 0.453. The van der Waals surface area contributed by atoms with E-state index in [2.05, 4.69) is 10.3 Å². The average molecular weight is 490 g/mol. The van der Waals surface area contributed by atoms with E-state index in [1.54, 1.807) is 31.2 Å². The number of ether oxygens (including phenoxy) is 2. The zero-order valence-electron chi connectivity index (χ0n) is 19.1. The molecule has 1 fully saturated rings. The number of phenols is 1. The molecule has 2 heterocycles. The van der Waals surface area contributed by atoms with Gasteiger partial charge in [0.1, 0.15) is 40.2 Å². The van der Waals surface area contributed by atoms with Gasteiger partial charge in [-0.2, -0.15) is 0 Å². The number of fused-ring (bicyclic) bond motifs is 1. The lowest BCUT2D eigenvalue weighted by Gasteiger charge is -2.18. The molecule has 1 aliphatic heterocycles. The molecule has 1 atom stereocenters. The Morgan fingerprint density at radius 1 is 1.00 bits per heavy atom. The topological polar surface area (TPSA) is 103 Å². The van der Waals surface area contributed by atoms with Crippen LogP contribution in [0.15, 0.2) is 66.7 Å². The van der Waals surface area contributed by atoms with Crippen LogP contribution in [0.2, 0.25) is 0 Å². The summed E-state index contributed by atoms with van der Waals surface area (Å²) in [5, 5.41) is 11.5. The summed E-state index contributed by atoms with van der Waals surface area (Å²) in [6.45, 7) is 2.05. The lowest BCUT2D eigenvalue weighted by Crippen LogP contribution is -2.35. The van der Waals surface area contributed by atoms with Crippen LogP contribution in [0.1, 0.15) is 18.3 Å². The van der Waals surface area contributed by atoms with E-state index in [1.807, 2.05) is 54.1 Å². The number of hydrogen-bond acceptors (Lipinski definition) is 7. The van der Waals surface area contributed by atoms with E-state index in [0.29, 0.717) is 23.7 Å². The van der Waals surface area contributed by atoms with Crippen LogP contribution in [0.4, 0.5) is 4.79 Å². The Hall–Kier alpha value is -3.98. The van der Waals surface area contributed by atoms with Crippen molar-refractivity contribution in [2.45, 2.75) is 24.7 Å². The third-order valence-corrected chi connectivity index (χ3v) is 6.93. The van der Waals surface area contributed by atoms with Crippen LogP contribution in [0, 0.1) is 0 Å². The maximum atomic E-state index is 12.1. The molecule has 35 heavy (non-hydrogen) atoms. The number of nitrogens with one attached hydrogen (secondary N) is 1. The molecule has 0 spiro atoms. The lowest BCUT2D eigenvalue weighted by molar-refractivity contribution is -0.121. The second kappa shape index (κ2) is 8.99. The van der Waals surface area contributed by atoms with E-state index in [1.165, 1.54) is 0 Å². The SMILES string of the molecule is Cn1c(COc2ccc(C[C@@]3(C)SC(=O)NC3=O)cc2)nc2ccc(Oc3ccc(O)cc3)cc21. The molecule has 5 rings (SSSR count). The highest BCUT2D eigenvalue weighted by Gasteiger charge is 2.43. The molecule has 0 unspecified atom stereocenters. The van der Waals surface area contributed by atoms with Gasteiger partial charge in [-0.15, -0.1) is 0 Å². The average Bonchev–Trinajstić information content (AvgIpc) is 3.28. The number of aromatic nitrogens is 2. The number of aromatic hydroxyl groups is 1. The number of benzene rings is 3. The van der Waals surface area contributed by atoms with Gasteiger partial charge < -0.3 is 19.1 Å². The predicted octanol–water partition coefficient (Wildman–Crippen LogP) is 4.93. The van der Waals surface area contributed by atoms with Gasteiger partial charge in [-0.3, -0.25) is 14.9 Å². The summed E-state index contributed by atoms with van der Waals surface area (Å²) >= 11 is 1.03. The first-order chi connectivity index (χ1) is 16.8. The van der Waals surface area contributed by atoms with Crippen LogP contribution in [-0.4, -0.2) is 30.6 Å². The molecule has 4 aromatic rings. The second-order valence-electron chi connectivity index (χ2n) is 8.52. The minimum absolute atomic E-state index is 0.185. The predicted molar refractivity (Wildman–Crippen MR) is 133 cm³/mol. The number of carbonyl (C=O) groups is 2. The fraction of sp³-hybridized carbons (Fsp3) is 0.192. The zero-order chi connectivity index (χ0) is 24.6. The van der Waals surface area contributed by atoms with E-state index in [-0.39, 0.29) is 23.5 Å². The van der Waals surface area contributed by atoms with Crippen LogP contribution >= 0.6 is 11.8 Å². The van der Waals surface area contributed by atoms with Crippen molar-refractivity contribution in [3.63, 3.8) is 0 Å². The van der Waals surface area contributed by atoms with Gasteiger partial charge in [-0.05, 0) is 79.2 Å². The first kappa shape index (κ1) is 22.8. The first-order valence-corrected chi connectivity index (χ1v) is 11.8. The highest BCUT2D eigenvalue weighted by Crippen LogP contribution is 2.35. The van der Waals surface area contributed by atoms with Crippen LogP contribution in [-0.2, 0) is 24.9 Å². The Bertz CT molecular complexity index is 1420. The Balaban J connectivity index is 1.25. The lowest BCUT2D eigenvalue weighted by atomic mass is 9.99. The molecule has 178 valence electrons. The fourth-order valence-corrected chi connectivity index (χ4v) is 4.86. The van der Waals surface area contributed by atoms with E-state index in [9.17, 15) is 14.7 Å². The van der Waals surface area contributed by atoms with Crippen LogP contribution in [0.5, 0.6) is 23.0 Å². The zero-order valence-corrected chi connectivity index (χ0v) is 20.0. The molecule has 8 nitrogen and oxygen atoms in total. The first-order valence-electron chi connectivity index (χ1n) is 11.0. The summed E-state index contributed by atoms with van der Waals surface area (Å²) in [5.41, 5.74) is 2.68. The smallest absolute Gasteiger partial charge is 0.286 e. The normalized spacial score (nSPS) is 17.5. The van der Waals surface area contributed by atoms with Crippen molar-refractivity contribution in [1.29, 1.82) is 0 Å². The number of amides is 2. The maximum Gasteiger partial charge on any atom is 0.286 e. The van der Waals surface area contributed by atoms with Crippen molar-refractivity contribution in [2.75, 3.05) is 0 Å². The summed E-state index contributed by atoms with van der Waals surface area (Å²) in [6, 6.07) is 19.7. The third kappa shape index (κ3) is 4.81. The number of aryl methyl sites for hydroxylation is 1. The number of nitrogens with zero attached hydrogens (tertiary/aromatic N) is 2.